The number of aliphatic hydroxyl groups excluding tert-OH is 2. The van der Waals surface area contributed by atoms with E-state index in [1.807, 2.05) is 0 Å². The van der Waals surface area contributed by atoms with Crippen LogP contribution >= 0.6 is 0 Å². The first-order valence-electron chi connectivity index (χ1n) is 21.3. The van der Waals surface area contributed by atoms with E-state index in [1.54, 1.807) is 0 Å². The predicted octanol–water partition coefficient (Wildman–Crippen LogP) is 0.299. The van der Waals surface area contributed by atoms with Crippen LogP contribution in [0.5, 0.6) is 0 Å². The normalized spacial score (nSPS) is 12.2. The topological polar surface area (TPSA) is 247 Å². The third-order valence-corrected chi connectivity index (χ3v) is 7.41. The average molecular weight is 907 g/mol. The molecule has 22 heteroatoms. The molecule has 2 N–H and O–H groups in total. The molecule has 0 radical (unpaired) electrons. The molecule has 0 spiro atoms. The fourth-order valence-corrected chi connectivity index (χ4v) is 4.04. The number of carbonyl (C=O) groups excluding carboxylic acids is 2. The zero-order valence-corrected chi connectivity index (χ0v) is 37.8. The van der Waals surface area contributed by atoms with Crippen molar-refractivity contribution in [3.63, 3.8) is 0 Å². The van der Waals surface area contributed by atoms with Crippen molar-refractivity contribution in [1.82, 2.24) is 0 Å². The van der Waals surface area contributed by atoms with Crippen LogP contribution < -0.4 is 0 Å². The third-order valence-electron chi connectivity index (χ3n) is 7.41. The van der Waals surface area contributed by atoms with Crippen LogP contribution in [0.1, 0.15) is 27.7 Å². The van der Waals surface area contributed by atoms with E-state index in [0.717, 1.165) is 0 Å². The molecule has 368 valence electrons. The summed E-state index contributed by atoms with van der Waals surface area (Å²) in [6, 6.07) is 0. The number of hydrogen-bond acceptors (Lipinski definition) is 22. The lowest BCUT2D eigenvalue weighted by atomic mass is 10.1. The number of hydrogen-bond donors (Lipinski definition) is 2. The van der Waals surface area contributed by atoms with E-state index in [1.165, 1.54) is 27.7 Å². The minimum Gasteiger partial charge on any atom is -0.461 e. The highest BCUT2D eigenvalue weighted by Gasteiger charge is 2.34. The summed E-state index contributed by atoms with van der Waals surface area (Å²) in [5.74, 6) is -1.24. The van der Waals surface area contributed by atoms with Crippen LogP contribution in [0.15, 0.2) is 10.2 Å². The second kappa shape index (κ2) is 45.5. The molecule has 0 rings (SSSR count). The Bertz CT molecular complexity index is 937. The molecule has 0 unspecified atom stereocenters. The summed E-state index contributed by atoms with van der Waals surface area (Å²) in [6.07, 6.45) is 0. The van der Waals surface area contributed by atoms with E-state index in [2.05, 4.69) is 10.2 Å². The maximum Gasteiger partial charge on any atom is 0.335 e. The van der Waals surface area contributed by atoms with Crippen LogP contribution in [-0.2, 0) is 85.4 Å². The van der Waals surface area contributed by atoms with Gasteiger partial charge in [-0.05, 0) is 27.7 Å². The highest BCUT2D eigenvalue weighted by Crippen LogP contribution is 2.18. The van der Waals surface area contributed by atoms with Gasteiger partial charge < -0.3 is 86.0 Å². The molecule has 62 heavy (non-hydrogen) atoms. The monoisotopic (exact) mass is 907 g/mol. The largest absolute Gasteiger partial charge is 0.461 e. The van der Waals surface area contributed by atoms with Crippen molar-refractivity contribution in [3.8, 4) is 0 Å². The highest BCUT2D eigenvalue weighted by molar-refractivity contribution is 5.81. The Hall–Kier alpha value is -2.10. The van der Waals surface area contributed by atoms with Gasteiger partial charge in [-0.15, -0.1) is 0 Å². The minimum atomic E-state index is -1.33. The fraction of sp³-hybridized carbons (Fsp3) is 0.950. The van der Waals surface area contributed by atoms with Crippen molar-refractivity contribution in [2.45, 2.75) is 38.8 Å². The summed E-state index contributed by atoms with van der Waals surface area (Å²) < 4.78 is 85.8. The van der Waals surface area contributed by atoms with E-state index in [0.29, 0.717) is 172 Å². The number of aliphatic hydroxyl groups is 2. The van der Waals surface area contributed by atoms with Gasteiger partial charge in [-0.25, -0.2) is 9.59 Å². The van der Waals surface area contributed by atoms with Crippen molar-refractivity contribution in [2.75, 3.05) is 211 Å². The first-order chi connectivity index (χ1) is 30.2. The molecule has 0 aliphatic rings. The summed E-state index contributed by atoms with van der Waals surface area (Å²) in [5, 5.41) is 25.3. The minimum absolute atomic E-state index is 0.00387. The number of esters is 2. The van der Waals surface area contributed by atoms with Gasteiger partial charge in [-0.2, -0.15) is 10.2 Å². The van der Waals surface area contributed by atoms with Gasteiger partial charge in [0.2, 0.25) is 0 Å². The second-order valence-corrected chi connectivity index (χ2v) is 13.6. The quantitative estimate of drug-likeness (QED) is 0.0473. The van der Waals surface area contributed by atoms with Gasteiger partial charge in [0.25, 0.3) is 0 Å². The van der Waals surface area contributed by atoms with E-state index in [4.69, 9.17) is 86.0 Å². The molecular weight excluding hydrogens is 828 g/mol. The van der Waals surface area contributed by atoms with Crippen molar-refractivity contribution in [1.29, 1.82) is 0 Å². The van der Waals surface area contributed by atoms with Gasteiger partial charge in [-0.3, -0.25) is 0 Å². The molecule has 0 saturated heterocycles. The number of ether oxygens (including phenoxy) is 16. The molecule has 0 aromatic heterocycles. The average Bonchev–Trinajstić information content (AvgIpc) is 3.26. The van der Waals surface area contributed by atoms with Crippen LogP contribution in [0.3, 0.4) is 0 Å². The summed E-state index contributed by atoms with van der Waals surface area (Å²) in [7, 11) is 0. The summed E-state index contributed by atoms with van der Waals surface area (Å²) >= 11 is 0. The molecule has 0 aliphatic carbocycles. The van der Waals surface area contributed by atoms with Gasteiger partial charge in [0.05, 0.1) is 198 Å². The Balaban J connectivity index is 3.65. The molecule has 0 aromatic rings. The number of carbonyl (C=O) groups is 2. The third kappa shape index (κ3) is 41.9. The van der Waals surface area contributed by atoms with Crippen LogP contribution in [0, 0.1) is 0 Å². The summed E-state index contributed by atoms with van der Waals surface area (Å²) in [5.41, 5.74) is -2.67. The molecule has 0 heterocycles. The van der Waals surface area contributed by atoms with Crippen molar-refractivity contribution in [2.24, 2.45) is 10.2 Å². The van der Waals surface area contributed by atoms with E-state index in [-0.39, 0.29) is 39.6 Å². The Morgan fingerprint density at radius 2 is 0.435 bits per heavy atom. The van der Waals surface area contributed by atoms with E-state index < -0.39 is 23.0 Å². The lowest BCUT2D eigenvalue weighted by molar-refractivity contribution is -0.152. The molecule has 0 saturated carbocycles. The molecule has 0 bridgehead atoms. The lowest BCUT2D eigenvalue weighted by Gasteiger charge is -2.21. The molecule has 0 aliphatic heterocycles. The Kier molecular flexibility index (Phi) is 43.9. The number of rotatable bonds is 50. The first kappa shape index (κ1) is 59.9. The van der Waals surface area contributed by atoms with Crippen LogP contribution in [-0.4, -0.2) is 245 Å². The molecule has 22 nitrogen and oxygen atoms in total. The van der Waals surface area contributed by atoms with Gasteiger partial charge in [0.1, 0.15) is 13.2 Å². The van der Waals surface area contributed by atoms with E-state index >= 15 is 0 Å². The van der Waals surface area contributed by atoms with E-state index in [9.17, 15) is 9.59 Å². The summed E-state index contributed by atoms with van der Waals surface area (Å²) in [4.78, 5) is 25.2. The molecule has 0 amide bonds. The zero-order chi connectivity index (χ0) is 45.5. The SMILES string of the molecule is CC(C)(N=NC(C)(C)C(=O)OCCOCCOCCOCCOCCOCCOCCOCCO)C(=O)OCCOCCOCCOCCOCCOCCOCCOCCO. The standard InChI is InChI=1S/C40H78N2O20/c1-39(2,37(45)61-35-33-59-31-29-57-27-25-55-23-21-53-19-17-51-15-13-49-11-9-47-7-5-43)41-42-40(3,4)38(46)62-36-34-60-32-30-58-28-26-56-24-22-54-20-18-52-16-14-50-12-10-48-8-6-44/h43-44H,5-36H2,1-4H3. The maximum atomic E-state index is 12.6. The second-order valence-electron chi connectivity index (χ2n) is 13.6. The molecular formula is C40H78N2O20. The van der Waals surface area contributed by atoms with Gasteiger partial charge in [0, 0.05) is 0 Å². The summed E-state index contributed by atoms with van der Waals surface area (Å²) in [6.45, 7) is 17.4. The van der Waals surface area contributed by atoms with Gasteiger partial charge in [0.15, 0.2) is 11.1 Å². The molecule has 0 fully saturated rings. The molecule has 0 aromatic carbocycles. The van der Waals surface area contributed by atoms with Gasteiger partial charge >= 0.3 is 11.9 Å². The van der Waals surface area contributed by atoms with Crippen molar-refractivity contribution < 1.29 is 95.6 Å². The van der Waals surface area contributed by atoms with Crippen LogP contribution in [0.4, 0.5) is 0 Å². The Labute approximate surface area is 367 Å². The van der Waals surface area contributed by atoms with Crippen molar-refractivity contribution >= 4 is 11.9 Å². The smallest absolute Gasteiger partial charge is 0.335 e. The first-order valence-corrected chi connectivity index (χ1v) is 21.3. The predicted molar refractivity (Wildman–Crippen MR) is 221 cm³/mol. The fourth-order valence-electron chi connectivity index (χ4n) is 4.04. The van der Waals surface area contributed by atoms with Crippen LogP contribution in [0.25, 0.3) is 0 Å². The molecule has 0 atom stereocenters. The highest BCUT2D eigenvalue weighted by atomic mass is 16.6. The Morgan fingerprint density at radius 3 is 0.597 bits per heavy atom. The van der Waals surface area contributed by atoms with Gasteiger partial charge in [-0.1, -0.05) is 0 Å². The lowest BCUT2D eigenvalue weighted by Crippen LogP contribution is -2.36. The maximum absolute atomic E-state index is 12.6. The zero-order valence-electron chi connectivity index (χ0n) is 37.8. The van der Waals surface area contributed by atoms with Crippen molar-refractivity contribution in [3.05, 3.63) is 0 Å². The van der Waals surface area contributed by atoms with Crippen LogP contribution in [0.2, 0.25) is 0 Å². The Morgan fingerprint density at radius 1 is 0.290 bits per heavy atom. The number of azo groups is 1. The number of nitrogens with zero attached hydrogens (tertiary/aromatic N) is 2.